The molecule has 3 heterocycles. The van der Waals surface area contributed by atoms with E-state index in [1.807, 2.05) is 12.1 Å². The summed E-state index contributed by atoms with van der Waals surface area (Å²) in [6.45, 7) is 6.53. The topological polar surface area (TPSA) is 128 Å². The molecule has 0 unspecified atom stereocenters. The molecule has 1 aromatic carbocycles. The maximum atomic E-state index is 12.5. The summed E-state index contributed by atoms with van der Waals surface area (Å²) in [6.07, 6.45) is 3.82. The molecule has 0 saturated carbocycles. The minimum absolute atomic E-state index is 0.160. The van der Waals surface area contributed by atoms with E-state index in [0.717, 1.165) is 29.4 Å². The fraction of sp³-hybridized carbons (Fsp3) is 0.393. The average Bonchev–Trinajstić information content (AvgIpc) is 3.62. The number of hydrogen-bond donors (Lipinski definition) is 2. The molecule has 0 radical (unpaired) electrons. The fourth-order valence-electron chi connectivity index (χ4n) is 5.70. The van der Waals surface area contributed by atoms with Gasteiger partial charge in [-0.3, -0.25) is 9.59 Å². The van der Waals surface area contributed by atoms with Gasteiger partial charge in [-0.25, -0.2) is 4.68 Å². The van der Waals surface area contributed by atoms with Crippen LogP contribution in [-0.2, 0) is 16.0 Å². The molecule has 0 bridgehead atoms. The molecular formula is C28H30ClN7O3. The maximum absolute atomic E-state index is 12.5. The van der Waals surface area contributed by atoms with Crippen molar-refractivity contribution in [1.82, 2.24) is 24.9 Å². The Morgan fingerprint density at radius 3 is 2.82 bits per heavy atom. The standard InChI is InChI=1S/C28H30ClN7O3/c1-5-24(37)35-13-17(11-18(35)14-39-4)36-28(31-3)26(27(30)38)22(34-36)9-7-16-10-23-19(12-20(16)29)25-15(2)6-8-21(25)32-33-23/h5,10,12,15,17-18,31H,1,6,8,11,13-14H2,2-4H3,(H2,30,38)/t15-,17+,18-/m1/s1. The van der Waals surface area contributed by atoms with Crippen LogP contribution in [0, 0.1) is 11.8 Å². The summed E-state index contributed by atoms with van der Waals surface area (Å²) in [4.78, 5) is 26.7. The molecule has 0 spiro atoms. The van der Waals surface area contributed by atoms with Gasteiger partial charge in [0, 0.05) is 31.7 Å². The second kappa shape index (κ2) is 10.7. The number of rotatable bonds is 6. The van der Waals surface area contributed by atoms with E-state index in [1.54, 1.807) is 23.7 Å². The molecule has 39 heavy (non-hydrogen) atoms. The SMILES string of the molecule is C=CC(=O)N1C[C@@H](n2nc(C#Cc3cc4nnc5c(c4cc3Cl)[C@H](C)CC5)c(C(N)=O)c2NC)C[C@@H]1COC. The predicted octanol–water partition coefficient (Wildman–Crippen LogP) is 3.04. The predicted molar refractivity (Wildman–Crippen MR) is 149 cm³/mol. The van der Waals surface area contributed by atoms with E-state index in [0.29, 0.717) is 41.9 Å². The number of nitrogens with one attached hydrogen (secondary N) is 1. The lowest BCUT2D eigenvalue weighted by Gasteiger charge is -2.22. The molecule has 3 N–H and O–H groups in total. The minimum Gasteiger partial charge on any atom is -0.383 e. The number of amides is 2. The van der Waals surface area contributed by atoms with Crippen molar-refractivity contribution in [3.63, 3.8) is 0 Å². The maximum Gasteiger partial charge on any atom is 0.255 e. The van der Waals surface area contributed by atoms with E-state index in [-0.39, 0.29) is 29.2 Å². The molecule has 1 saturated heterocycles. The number of primary amides is 1. The fourth-order valence-corrected chi connectivity index (χ4v) is 5.92. The Bertz CT molecular complexity index is 1550. The summed E-state index contributed by atoms with van der Waals surface area (Å²) >= 11 is 6.66. The van der Waals surface area contributed by atoms with Crippen molar-refractivity contribution >= 4 is 40.1 Å². The van der Waals surface area contributed by atoms with Gasteiger partial charge in [-0.2, -0.15) is 15.3 Å². The summed E-state index contributed by atoms with van der Waals surface area (Å²) in [5.74, 6) is 6.02. The Hall–Kier alpha value is -3.94. The highest BCUT2D eigenvalue weighted by Crippen LogP contribution is 2.37. The third-order valence-corrected chi connectivity index (χ3v) is 7.85. The van der Waals surface area contributed by atoms with Crippen LogP contribution < -0.4 is 11.1 Å². The van der Waals surface area contributed by atoms with Crippen molar-refractivity contribution in [3.05, 3.63) is 57.9 Å². The first-order valence-electron chi connectivity index (χ1n) is 12.8. The molecule has 2 amide bonds. The molecule has 1 aliphatic carbocycles. The van der Waals surface area contributed by atoms with Crippen LogP contribution in [0.1, 0.15) is 64.6 Å². The number of benzene rings is 1. The zero-order chi connectivity index (χ0) is 27.8. The van der Waals surface area contributed by atoms with Gasteiger partial charge in [0.15, 0.2) is 5.69 Å². The van der Waals surface area contributed by atoms with Crippen LogP contribution in [0.3, 0.4) is 0 Å². The van der Waals surface area contributed by atoms with Gasteiger partial charge in [-0.15, -0.1) is 0 Å². The lowest BCUT2D eigenvalue weighted by Crippen LogP contribution is -2.37. The molecule has 5 rings (SSSR count). The van der Waals surface area contributed by atoms with Crippen LogP contribution in [0.2, 0.25) is 5.02 Å². The van der Waals surface area contributed by atoms with E-state index in [4.69, 9.17) is 22.1 Å². The molecule has 2 aliphatic rings. The molecule has 1 fully saturated rings. The van der Waals surface area contributed by atoms with Crippen LogP contribution in [0.15, 0.2) is 24.8 Å². The lowest BCUT2D eigenvalue weighted by atomic mass is 9.99. The molecule has 1 aliphatic heterocycles. The summed E-state index contributed by atoms with van der Waals surface area (Å²) in [5, 5.41) is 18.0. The highest BCUT2D eigenvalue weighted by Gasteiger charge is 2.38. The van der Waals surface area contributed by atoms with Gasteiger partial charge in [0.25, 0.3) is 5.91 Å². The van der Waals surface area contributed by atoms with Gasteiger partial charge in [0.1, 0.15) is 11.4 Å². The number of carbonyl (C=O) groups excluding carboxylic acids is 2. The zero-order valence-electron chi connectivity index (χ0n) is 22.1. The van der Waals surface area contributed by atoms with Crippen LogP contribution >= 0.6 is 11.6 Å². The van der Waals surface area contributed by atoms with Gasteiger partial charge in [0.05, 0.1) is 34.9 Å². The van der Waals surface area contributed by atoms with E-state index in [1.165, 1.54) is 11.6 Å². The highest BCUT2D eigenvalue weighted by molar-refractivity contribution is 6.32. The van der Waals surface area contributed by atoms with Gasteiger partial charge >= 0.3 is 0 Å². The largest absolute Gasteiger partial charge is 0.383 e. The van der Waals surface area contributed by atoms with Crippen molar-refractivity contribution < 1.29 is 14.3 Å². The summed E-state index contributed by atoms with van der Waals surface area (Å²) < 4.78 is 7.01. The van der Waals surface area contributed by atoms with Gasteiger partial charge in [-0.05, 0) is 54.9 Å². The van der Waals surface area contributed by atoms with E-state index >= 15 is 0 Å². The Morgan fingerprint density at radius 1 is 1.33 bits per heavy atom. The number of fused-ring (bicyclic) bond motifs is 3. The number of ether oxygens (including phenoxy) is 1. The van der Waals surface area contributed by atoms with E-state index < -0.39 is 5.91 Å². The zero-order valence-corrected chi connectivity index (χ0v) is 22.9. The van der Waals surface area contributed by atoms with Crippen LogP contribution in [0.4, 0.5) is 5.82 Å². The minimum atomic E-state index is -0.666. The number of methoxy groups -OCH3 is 1. The molecule has 202 valence electrons. The van der Waals surface area contributed by atoms with Crippen molar-refractivity contribution in [3.8, 4) is 11.8 Å². The number of halogens is 1. The molecule has 11 heteroatoms. The third-order valence-electron chi connectivity index (χ3n) is 7.54. The molecular weight excluding hydrogens is 518 g/mol. The summed E-state index contributed by atoms with van der Waals surface area (Å²) in [6, 6.07) is 3.32. The number of nitrogens with two attached hydrogens (primary N) is 1. The third kappa shape index (κ3) is 4.73. The Labute approximate surface area is 231 Å². The highest BCUT2D eigenvalue weighted by atomic mass is 35.5. The number of nitrogens with zero attached hydrogens (tertiary/aromatic N) is 5. The number of aromatic nitrogens is 4. The lowest BCUT2D eigenvalue weighted by molar-refractivity contribution is -0.127. The van der Waals surface area contributed by atoms with Crippen molar-refractivity contribution in [1.29, 1.82) is 0 Å². The first kappa shape index (κ1) is 26.7. The van der Waals surface area contributed by atoms with E-state index in [2.05, 4.69) is 46.0 Å². The Morgan fingerprint density at radius 2 is 2.13 bits per heavy atom. The van der Waals surface area contributed by atoms with Crippen LogP contribution in [0.25, 0.3) is 10.9 Å². The van der Waals surface area contributed by atoms with Crippen molar-refractivity contribution in [2.45, 2.75) is 44.2 Å². The van der Waals surface area contributed by atoms with Gasteiger partial charge in [-0.1, -0.05) is 31.0 Å². The van der Waals surface area contributed by atoms with E-state index in [9.17, 15) is 9.59 Å². The van der Waals surface area contributed by atoms with Crippen molar-refractivity contribution in [2.24, 2.45) is 5.73 Å². The molecule has 10 nitrogen and oxygen atoms in total. The van der Waals surface area contributed by atoms with Crippen LogP contribution in [-0.4, -0.2) is 70.0 Å². The molecule has 3 atom stereocenters. The van der Waals surface area contributed by atoms with Gasteiger partial charge < -0.3 is 20.7 Å². The van der Waals surface area contributed by atoms with Crippen LogP contribution in [0.5, 0.6) is 0 Å². The number of carbonyl (C=O) groups is 2. The smallest absolute Gasteiger partial charge is 0.255 e. The number of anilines is 1. The summed E-state index contributed by atoms with van der Waals surface area (Å²) in [5.41, 5.74) is 9.64. The average molecular weight is 548 g/mol. The summed E-state index contributed by atoms with van der Waals surface area (Å²) in [7, 11) is 3.27. The van der Waals surface area contributed by atoms with Crippen molar-refractivity contribution in [2.75, 3.05) is 32.6 Å². The number of aryl methyl sites for hydroxylation is 1. The second-order valence-corrected chi connectivity index (χ2v) is 10.3. The normalized spacial score (nSPS) is 20.0. The van der Waals surface area contributed by atoms with Gasteiger partial charge in [0.2, 0.25) is 5.91 Å². The second-order valence-electron chi connectivity index (χ2n) is 9.92. The monoisotopic (exact) mass is 547 g/mol. The number of likely N-dealkylation sites (tertiary alicyclic amines) is 1. The number of hydrogen-bond acceptors (Lipinski definition) is 7. The molecule has 2 aromatic heterocycles. The Kier molecular flexibility index (Phi) is 7.30. The Balaban J connectivity index is 1.54. The quantitative estimate of drug-likeness (QED) is 0.358. The first-order chi connectivity index (χ1) is 18.8. The molecule has 3 aromatic rings. The first-order valence-corrected chi connectivity index (χ1v) is 13.2.